The van der Waals surface area contributed by atoms with Crippen LogP contribution in [0, 0.1) is 3.57 Å². The number of amides is 1. The lowest BCUT2D eigenvalue weighted by Crippen LogP contribution is -2.41. The number of nitrogens with one attached hydrogen (secondary N) is 1. The Morgan fingerprint density at radius 1 is 1.61 bits per heavy atom. The van der Waals surface area contributed by atoms with Gasteiger partial charge < -0.3 is 10.1 Å². The topological polar surface area (TPSA) is 38.3 Å². The minimum atomic E-state index is -0.0703. The fraction of sp³-hybridized carbons (Fsp3) is 0.462. The van der Waals surface area contributed by atoms with Gasteiger partial charge in [0.1, 0.15) is 0 Å². The van der Waals surface area contributed by atoms with E-state index in [1.165, 1.54) is 0 Å². The molecule has 98 valence electrons. The molecule has 1 saturated heterocycles. The molecule has 1 N–H and O–H groups in total. The molecule has 0 saturated carbocycles. The lowest BCUT2D eigenvalue weighted by Gasteiger charge is -2.20. The average molecular weight is 380 g/mol. The molecule has 5 heteroatoms. The van der Waals surface area contributed by atoms with Crippen molar-refractivity contribution in [2.45, 2.75) is 31.9 Å². The SMILES string of the molecule is C[C@@H](NC(=O)c1ccc(Cl)cc1I)[C@@H]1CCCO1. The molecule has 0 spiro atoms. The van der Waals surface area contributed by atoms with Gasteiger partial charge in [0, 0.05) is 15.2 Å². The first-order valence-electron chi connectivity index (χ1n) is 5.95. The summed E-state index contributed by atoms with van der Waals surface area (Å²) in [6.45, 7) is 2.78. The van der Waals surface area contributed by atoms with Crippen molar-refractivity contribution < 1.29 is 9.53 Å². The van der Waals surface area contributed by atoms with E-state index in [9.17, 15) is 4.79 Å². The molecule has 18 heavy (non-hydrogen) atoms. The highest BCUT2D eigenvalue weighted by molar-refractivity contribution is 14.1. The third-order valence-electron chi connectivity index (χ3n) is 3.06. The Kier molecular flexibility index (Phi) is 4.86. The number of hydrogen-bond acceptors (Lipinski definition) is 2. The fourth-order valence-corrected chi connectivity index (χ4v) is 3.16. The van der Waals surface area contributed by atoms with Crippen molar-refractivity contribution in [3.05, 3.63) is 32.4 Å². The van der Waals surface area contributed by atoms with Crippen LogP contribution in [0.25, 0.3) is 0 Å². The van der Waals surface area contributed by atoms with Gasteiger partial charge in [-0.05, 0) is 60.6 Å². The third-order valence-corrected chi connectivity index (χ3v) is 4.18. The van der Waals surface area contributed by atoms with E-state index in [0.29, 0.717) is 10.6 Å². The molecule has 0 aliphatic carbocycles. The van der Waals surface area contributed by atoms with Gasteiger partial charge in [-0.15, -0.1) is 0 Å². The molecule has 0 unspecified atom stereocenters. The second kappa shape index (κ2) is 6.21. The molecular formula is C13H15ClINO2. The van der Waals surface area contributed by atoms with E-state index >= 15 is 0 Å². The zero-order valence-electron chi connectivity index (χ0n) is 10.1. The Balaban J connectivity index is 2.02. The van der Waals surface area contributed by atoms with E-state index in [1.54, 1.807) is 18.2 Å². The maximum Gasteiger partial charge on any atom is 0.252 e. The van der Waals surface area contributed by atoms with Gasteiger partial charge in [-0.3, -0.25) is 4.79 Å². The number of benzene rings is 1. The van der Waals surface area contributed by atoms with Gasteiger partial charge in [0.25, 0.3) is 5.91 Å². The van der Waals surface area contributed by atoms with Crippen LogP contribution in [-0.4, -0.2) is 24.7 Å². The molecule has 1 aliphatic heterocycles. The number of hydrogen-bond donors (Lipinski definition) is 1. The highest BCUT2D eigenvalue weighted by Crippen LogP contribution is 2.19. The molecule has 1 aromatic carbocycles. The number of halogens is 2. The summed E-state index contributed by atoms with van der Waals surface area (Å²) in [7, 11) is 0. The molecule has 1 aliphatic rings. The first kappa shape index (κ1) is 14.1. The van der Waals surface area contributed by atoms with Crippen molar-refractivity contribution >= 4 is 40.1 Å². The van der Waals surface area contributed by atoms with Crippen molar-refractivity contribution in [1.82, 2.24) is 5.32 Å². The molecule has 1 fully saturated rings. The Morgan fingerprint density at radius 2 is 2.39 bits per heavy atom. The van der Waals surface area contributed by atoms with Gasteiger partial charge in [-0.1, -0.05) is 11.6 Å². The van der Waals surface area contributed by atoms with Crippen LogP contribution in [0.2, 0.25) is 5.02 Å². The Morgan fingerprint density at radius 3 is 3.00 bits per heavy atom. The Hall–Kier alpha value is -0.330. The van der Waals surface area contributed by atoms with Crippen LogP contribution in [0.15, 0.2) is 18.2 Å². The van der Waals surface area contributed by atoms with Crippen LogP contribution < -0.4 is 5.32 Å². The molecule has 1 heterocycles. The van der Waals surface area contributed by atoms with Crippen LogP contribution >= 0.6 is 34.2 Å². The Labute approximate surface area is 125 Å². The third kappa shape index (κ3) is 3.36. The van der Waals surface area contributed by atoms with Gasteiger partial charge >= 0.3 is 0 Å². The molecule has 3 nitrogen and oxygen atoms in total. The summed E-state index contributed by atoms with van der Waals surface area (Å²) in [4.78, 5) is 12.1. The minimum Gasteiger partial charge on any atom is -0.376 e. The Bertz CT molecular complexity index is 447. The summed E-state index contributed by atoms with van der Waals surface area (Å²) in [6, 6.07) is 5.30. The maximum absolute atomic E-state index is 12.1. The van der Waals surface area contributed by atoms with Crippen LogP contribution in [0.5, 0.6) is 0 Å². The van der Waals surface area contributed by atoms with Crippen LogP contribution in [0.1, 0.15) is 30.1 Å². The van der Waals surface area contributed by atoms with Gasteiger partial charge in [-0.25, -0.2) is 0 Å². The van der Waals surface area contributed by atoms with Crippen LogP contribution in [-0.2, 0) is 4.74 Å². The zero-order valence-corrected chi connectivity index (χ0v) is 13.0. The average Bonchev–Trinajstić information content (AvgIpc) is 2.81. The fourth-order valence-electron chi connectivity index (χ4n) is 2.05. The predicted molar refractivity (Wildman–Crippen MR) is 80.1 cm³/mol. The second-order valence-corrected chi connectivity index (χ2v) is 6.04. The number of carbonyl (C=O) groups is 1. The van der Waals surface area contributed by atoms with Crippen LogP contribution in [0.3, 0.4) is 0 Å². The van der Waals surface area contributed by atoms with Crippen LogP contribution in [0.4, 0.5) is 0 Å². The summed E-state index contributed by atoms with van der Waals surface area (Å²) < 4.78 is 6.42. The van der Waals surface area contributed by atoms with E-state index in [2.05, 4.69) is 27.9 Å². The second-order valence-electron chi connectivity index (χ2n) is 4.44. The van der Waals surface area contributed by atoms with E-state index in [4.69, 9.17) is 16.3 Å². The molecule has 0 bridgehead atoms. The summed E-state index contributed by atoms with van der Waals surface area (Å²) in [5, 5.41) is 3.63. The van der Waals surface area contributed by atoms with E-state index in [1.807, 2.05) is 6.92 Å². The first-order chi connectivity index (χ1) is 8.58. The van der Waals surface area contributed by atoms with Gasteiger partial charge in [-0.2, -0.15) is 0 Å². The van der Waals surface area contributed by atoms with Crippen molar-refractivity contribution in [3.63, 3.8) is 0 Å². The maximum atomic E-state index is 12.1. The lowest BCUT2D eigenvalue weighted by atomic mass is 10.1. The van der Waals surface area contributed by atoms with Crippen molar-refractivity contribution in [2.75, 3.05) is 6.61 Å². The van der Waals surface area contributed by atoms with Gasteiger partial charge in [0.05, 0.1) is 17.7 Å². The lowest BCUT2D eigenvalue weighted by molar-refractivity contribution is 0.0712. The normalized spacial score (nSPS) is 20.7. The summed E-state index contributed by atoms with van der Waals surface area (Å²) in [6.07, 6.45) is 2.22. The van der Waals surface area contributed by atoms with E-state index in [-0.39, 0.29) is 18.1 Å². The number of carbonyl (C=O) groups excluding carboxylic acids is 1. The summed E-state index contributed by atoms with van der Waals surface area (Å²) in [5.74, 6) is -0.0703. The van der Waals surface area contributed by atoms with Gasteiger partial charge in [0.15, 0.2) is 0 Å². The number of rotatable bonds is 3. The number of ether oxygens (including phenoxy) is 1. The molecular weight excluding hydrogens is 365 g/mol. The van der Waals surface area contributed by atoms with Crippen molar-refractivity contribution in [2.24, 2.45) is 0 Å². The molecule has 2 rings (SSSR count). The molecule has 1 aromatic rings. The van der Waals surface area contributed by atoms with Crippen molar-refractivity contribution in [3.8, 4) is 0 Å². The monoisotopic (exact) mass is 379 g/mol. The molecule has 0 radical (unpaired) electrons. The van der Waals surface area contributed by atoms with Crippen molar-refractivity contribution in [1.29, 1.82) is 0 Å². The molecule has 2 atom stereocenters. The highest BCUT2D eigenvalue weighted by Gasteiger charge is 2.24. The zero-order chi connectivity index (χ0) is 13.1. The smallest absolute Gasteiger partial charge is 0.252 e. The van der Waals surface area contributed by atoms with E-state index < -0.39 is 0 Å². The standard InChI is InChI=1S/C13H15ClINO2/c1-8(12-3-2-6-18-12)16-13(17)10-5-4-9(14)7-11(10)15/h4-5,7-8,12H,2-3,6H2,1H3,(H,16,17)/t8-,12+/m1/s1. The van der Waals surface area contributed by atoms with E-state index in [0.717, 1.165) is 23.0 Å². The molecule has 0 aromatic heterocycles. The summed E-state index contributed by atoms with van der Waals surface area (Å²) >= 11 is 7.99. The highest BCUT2D eigenvalue weighted by atomic mass is 127. The minimum absolute atomic E-state index is 0.0338. The largest absolute Gasteiger partial charge is 0.376 e. The first-order valence-corrected chi connectivity index (χ1v) is 7.41. The summed E-state index contributed by atoms with van der Waals surface area (Å²) in [5.41, 5.74) is 0.657. The quantitative estimate of drug-likeness (QED) is 0.819. The molecule has 1 amide bonds. The van der Waals surface area contributed by atoms with Gasteiger partial charge in [0.2, 0.25) is 0 Å². The predicted octanol–water partition coefficient (Wildman–Crippen LogP) is 3.24.